The van der Waals surface area contributed by atoms with Crippen LogP contribution in [-0.4, -0.2) is 84.6 Å². The van der Waals surface area contributed by atoms with Gasteiger partial charge in [-0.3, -0.25) is 9.78 Å². The molecule has 10 heteroatoms. The maximum atomic E-state index is 13.2. The fraction of sp³-hybridized carbons (Fsp3) is 0.595. The van der Waals surface area contributed by atoms with Gasteiger partial charge in [-0.2, -0.15) is 0 Å². The smallest absolute Gasteiger partial charge is 0.410 e. The summed E-state index contributed by atoms with van der Waals surface area (Å²) in [5, 5.41) is 1.44. The number of rotatable bonds is 11. The molecule has 2 saturated heterocycles. The molecule has 1 amide bonds. The molecule has 1 aromatic carbocycles. The lowest BCUT2D eigenvalue weighted by Gasteiger charge is -2.38. The van der Waals surface area contributed by atoms with Gasteiger partial charge in [0.25, 0.3) is 5.56 Å². The van der Waals surface area contributed by atoms with E-state index in [-0.39, 0.29) is 11.7 Å². The molecule has 5 rings (SSSR count). The first kappa shape index (κ1) is 34.5. The van der Waals surface area contributed by atoms with Gasteiger partial charge >= 0.3 is 6.09 Å². The van der Waals surface area contributed by atoms with E-state index >= 15 is 0 Å². The number of aryl methyl sites for hydroxylation is 1. The van der Waals surface area contributed by atoms with Gasteiger partial charge in [0.2, 0.25) is 5.75 Å². The summed E-state index contributed by atoms with van der Waals surface area (Å²) in [6.07, 6.45) is 11.2. The van der Waals surface area contributed by atoms with Gasteiger partial charge < -0.3 is 33.3 Å². The molecule has 3 aromatic rings. The molecule has 2 aliphatic rings. The summed E-state index contributed by atoms with van der Waals surface area (Å²) < 4.78 is 25.5. The number of carbonyl (C=O) groups excluding carboxylic acids is 1. The number of nitrogens with zero attached hydrogens (tertiary/aromatic N) is 4. The van der Waals surface area contributed by atoms with Gasteiger partial charge in [-0.25, -0.2) is 4.79 Å². The highest BCUT2D eigenvalue weighted by Gasteiger charge is 2.29. The van der Waals surface area contributed by atoms with E-state index in [1.54, 1.807) is 31.2 Å². The number of methoxy groups -OCH3 is 2. The minimum Gasteiger partial charge on any atom is -0.493 e. The average molecular weight is 649 g/mol. The SMILES string of the molecule is CCCCn1cc(-c2cc(OC)c(OCC3CCN(CC4CCN(C(=O)OC(C)(C)C)CC4)CC3)c(OC)c2)c2ccncc2c1=O. The maximum absolute atomic E-state index is 13.2. The van der Waals surface area contributed by atoms with Crippen molar-refractivity contribution in [2.75, 3.05) is 53.6 Å². The Morgan fingerprint density at radius 3 is 2.23 bits per heavy atom. The third-order valence-electron chi connectivity index (χ3n) is 9.36. The summed E-state index contributed by atoms with van der Waals surface area (Å²) in [7, 11) is 3.29. The molecule has 0 aliphatic carbocycles. The molecule has 47 heavy (non-hydrogen) atoms. The number of likely N-dealkylation sites (tertiary alicyclic amines) is 2. The van der Waals surface area contributed by atoms with Gasteiger partial charge in [0.15, 0.2) is 11.5 Å². The molecule has 256 valence electrons. The summed E-state index contributed by atoms with van der Waals surface area (Å²) in [5.74, 6) is 2.84. The number of fused-ring (bicyclic) bond motifs is 1. The van der Waals surface area contributed by atoms with E-state index in [0.717, 1.165) is 87.8 Å². The van der Waals surface area contributed by atoms with Gasteiger partial charge in [0, 0.05) is 50.3 Å². The van der Waals surface area contributed by atoms with Crippen LogP contribution in [0.1, 0.15) is 66.2 Å². The number of ether oxygens (including phenoxy) is 4. The Morgan fingerprint density at radius 1 is 0.957 bits per heavy atom. The van der Waals surface area contributed by atoms with E-state index in [1.807, 2.05) is 50.1 Å². The number of aromatic nitrogens is 2. The van der Waals surface area contributed by atoms with Gasteiger partial charge in [-0.1, -0.05) is 13.3 Å². The van der Waals surface area contributed by atoms with E-state index in [1.165, 1.54) is 0 Å². The second-order valence-corrected chi connectivity index (χ2v) is 14.0. The Kier molecular flexibility index (Phi) is 11.3. The molecule has 0 spiro atoms. The van der Waals surface area contributed by atoms with Crippen LogP contribution >= 0.6 is 0 Å². The molecule has 10 nitrogen and oxygen atoms in total. The maximum Gasteiger partial charge on any atom is 0.410 e. The van der Waals surface area contributed by atoms with Crippen LogP contribution in [0, 0.1) is 11.8 Å². The third kappa shape index (κ3) is 8.58. The predicted molar refractivity (Wildman–Crippen MR) is 185 cm³/mol. The lowest BCUT2D eigenvalue weighted by atomic mass is 9.93. The Bertz CT molecular complexity index is 1540. The Hall–Kier alpha value is -3.79. The van der Waals surface area contributed by atoms with Gasteiger partial charge in [0.1, 0.15) is 5.60 Å². The first-order valence-corrected chi connectivity index (χ1v) is 17.2. The number of unbranched alkanes of at least 4 members (excludes halogenated alkanes) is 1. The molecule has 0 atom stereocenters. The first-order valence-electron chi connectivity index (χ1n) is 17.2. The van der Waals surface area contributed by atoms with E-state index < -0.39 is 5.60 Å². The van der Waals surface area contributed by atoms with Crippen molar-refractivity contribution in [3.63, 3.8) is 0 Å². The molecular weight excluding hydrogens is 596 g/mol. The van der Waals surface area contributed by atoms with Crippen LogP contribution in [0.15, 0.2) is 41.6 Å². The summed E-state index contributed by atoms with van der Waals surface area (Å²) in [6.45, 7) is 13.8. The van der Waals surface area contributed by atoms with Crippen LogP contribution in [0.2, 0.25) is 0 Å². The normalized spacial score (nSPS) is 16.8. The first-order chi connectivity index (χ1) is 22.6. The highest BCUT2D eigenvalue weighted by Crippen LogP contribution is 2.43. The minimum absolute atomic E-state index is 0.0289. The van der Waals surface area contributed by atoms with Crippen molar-refractivity contribution < 1.29 is 23.7 Å². The molecule has 0 N–H and O–H groups in total. The molecule has 0 bridgehead atoms. The van der Waals surface area contributed by atoms with Crippen molar-refractivity contribution in [2.45, 2.75) is 78.4 Å². The molecule has 2 aromatic heterocycles. The van der Waals surface area contributed by atoms with Crippen LogP contribution in [0.25, 0.3) is 21.9 Å². The number of pyridine rings is 2. The molecule has 0 unspecified atom stereocenters. The monoisotopic (exact) mass is 648 g/mol. The van der Waals surface area contributed by atoms with Crippen LogP contribution in [-0.2, 0) is 11.3 Å². The Balaban J connectivity index is 1.20. The molecule has 2 fully saturated rings. The van der Waals surface area contributed by atoms with E-state index in [2.05, 4.69) is 16.8 Å². The second-order valence-electron chi connectivity index (χ2n) is 14.0. The third-order valence-corrected chi connectivity index (χ3v) is 9.36. The van der Waals surface area contributed by atoms with Crippen molar-refractivity contribution in [3.8, 4) is 28.4 Å². The lowest BCUT2D eigenvalue weighted by molar-refractivity contribution is 0.0162. The average Bonchev–Trinajstić information content (AvgIpc) is 3.07. The molecule has 0 radical (unpaired) electrons. The van der Waals surface area contributed by atoms with Crippen LogP contribution < -0.4 is 19.8 Å². The van der Waals surface area contributed by atoms with Crippen LogP contribution in [0.3, 0.4) is 0 Å². The van der Waals surface area contributed by atoms with Crippen molar-refractivity contribution in [1.82, 2.24) is 19.4 Å². The fourth-order valence-corrected chi connectivity index (χ4v) is 6.67. The second kappa shape index (κ2) is 15.4. The van der Waals surface area contributed by atoms with Gasteiger partial charge in [0.05, 0.1) is 26.2 Å². The molecule has 2 aliphatic heterocycles. The van der Waals surface area contributed by atoms with Crippen molar-refractivity contribution in [3.05, 3.63) is 47.1 Å². The van der Waals surface area contributed by atoms with E-state index in [0.29, 0.717) is 47.6 Å². The number of carbonyl (C=O) groups is 1. The largest absolute Gasteiger partial charge is 0.493 e. The van der Waals surface area contributed by atoms with Crippen LogP contribution in [0.5, 0.6) is 17.2 Å². The van der Waals surface area contributed by atoms with Gasteiger partial charge in [-0.05, 0) is 107 Å². The number of hydrogen-bond donors (Lipinski definition) is 0. The Morgan fingerprint density at radius 2 is 1.62 bits per heavy atom. The van der Waals surface area contributed by atoms with E-state index in [9.17, 15) is 9.59 Å². The highest BCUT2D eigenvalue weighted by atomic mass is 16.6. The standard InChI is InChI=1S/C37H52N4O6/c1-7-8-15-41-24-31(29-9-14-38-22-30(29)35(41)42)28-20-32(44-5)34(33(21-28)45-6)46-25-27-10-16-39(17-11-27)23-26-12-18-40(19-13-26)36(43)47-37(2,3)4/h9,14,20-22,24,26-27H,7-8,10-13,15-19,23,25H2,1-6H3. The van der Waals surface area contributed by atoms with E-state index in [4.69, 9.17) is 18.9 Å². The zero-order valence-corrected chi connectivity index (χ0v) is 29.0. The topological polar surface area (TPSA) is 95.4 Å². The predicted octanol–water partition coefficient (Wildman–Crippen LogP) is 6.62. The summed E-state index contributed by atoms with van der Waals surface area (Å²) in [6, 6.07) is 5.83. The molecule has 0 saturated carbocycles. The zero-order valence-electron chi connectivity index (χ0n) is 29.0. The fourth-order valence-electron chi connectivity index (χ4n) is 6.67. The Labute approximate surface area is 278 Å². The molecule has 4 heterocycles. The van der Waals surface area contributed by atoms with Crippen molar-refractivity contribution in [1.29, 1.82) is 0 Å². The lowest BCUT2D eigenvalue weighted by Crippen LogP contribution is -2.45. The summed E-state index contributed by atoms with van der Waals surface area (Å²) in [5.41, 5.74) is 1.32. The number of piperidine rings is 2. The quantitative estimate of drug-likeness (QED) is 0.229. The summed E-state index contributed by atoms with van der Waals surface area (Å²) in [4.78, 5) is 34.3. The zero-order chi connectivity index (χ0) is 33.6. The van der Waals surface area contributed by atoms with Crippen molar-refractivity contribution in [2.24, 2.45) is 11.8 Å². The van der Waals surface area contributed by atoms with Crippen LogP contribution in [0.4, 0.5) is 4.79 Å². The highest BCUT2D eigenvalue weighted by molar-refractivity contribution is 5.96. The summed E-state index contributed by atoms with van der Waals surface area (Å²) >= 11 is 0. The number of amides is 1. The van der Waals surface area contributed by atoms with Gasteiger partial charge in [-0.15, -0.1) is 0 Å². The van der Waals surface area contributed by atoms with Crippen molar-refractivity contribution >= 4 is 16.9 Å². The number of hydrogen-bond acceptors (Lipinski definition) is 8. The minimum atomic E-state index is -0.460. The molecular formula is C37H52N4O6. The number of benzene rings is 1.